The van der Waals surface area contributed by atoms with E-state index in [4.69, 9.17) is 0 Å². The zero-order valence-corrected chi connectivity index (χ0v) is 8.43. The number of pyridine rings is 1. The minimum Gasteiger partial charge on any atom is -0.320 e. The number of nitrogens with one attached hydrogen (secondary N) is 1. The van der Waals surface area contributed by atoms with Gasteiger partial charge in [-0.1, -0.05) is 0 Å². The van der Waals surface area contributed by atoms with Gasteiger partial charge in [0.05, 0.1) is 5.56 Å². The van der Waals surface area contributed by atoms with Gasteiger partial charge in [-0.15, -0.1) is 0 Å². The third kappa shape index (κ3) is 3.51. The Labute approximate surface area is 86.5 Å². The van der Waals surface area contributed by atoms with Crippen molar-refractivity contribution in [3.8, 4) is 0 Å². The van der Waals surface area contributed by atoms with E-state index in [0.29, 0.717) is 19.4 Å². The summed E-state index contributed by atoms with van der Waals surface area (Å²) in [5, 5.41) is 2.89. The molecule has 1 aromatic heterocycles. The summed E-state index contributed by atoms with van der Waals surface area (Å²) in [6.07, 6.45) is -0.754. The molecule has 0 aliphatic carbocycles. The molecule has 0 aromatic carbocycles. The molecule has 0 aliphatic rings. The van der Waals surface area contributed by atoms with E-state index in [-0.39, 0.29) is 5.56 Å². The summed E-state index contributed by atoms with van der Waals surface area (Å²) in [6.45, 7) is 0.701. The predicted octanol–water partition coefficient (Wildman–Crippen LogP) is 2.25. The molecule has 0 bridgehead atoms. The van der Waals surface area contributed by atoms with Crippen LogP contribution in [0.4, 0.5) is 13.2 Å². The second-order valence-electron chi connectivity index (χ2n) is 3.24. The predicted molar refractivity (Wildman–Crippen MR) is 51.5 cm³/mol. The van der Waals surface area contributed by atoms with Crippen LogP contribution in [-0.4, -0.2) is 18.6 Å². The zero-order valence-electron chi connectivity index (χ0n) is 8.43. The van der Waals surface area contributed by atoms with E-state index in [2.05, 4.69) is 10.3 Å². The molecule has 0 saturated carbocycles. The average molecular weight is 218 g/mol. The van der Waals surface area contributed by atoms with Crippen LogP contribution in [0.5, 0.6) is 0 Å². The minimum atomic E-state index is -4.28. The molecule has 2 nitrogen and oxygen atoms in total. The first-order valence-corrected chi connectivity index (χ1v) is 4.70. The van der Waals surface area contributed by atoms with E-state index in [1.54, 1.807) is 7.05 Å². The van der Waals surface area contributed by atoms with E-state index in [1.165, 1.54) is 12.4 Å². The summed E-state index contributed by atoms with van der Waals surface area (Å²) in [5.74, 6) is 0. The number of halogens is 3. The maximum absolute atomic E-state index is 12.5. The number of aromatic nitrogens is 1. The van der Waals surface area contributed by atoms with Crippen LogP contribution in [-0.2, 0) is 12.6 Å². The highest BCUT2D eigenvalue weighted by atomic mass is 19.4. The number of aryl methyl sites for hydroxylation is 1. The van der Waals surface area contributed by atoms with E-state index in [1.807, 2.05) is 0 Å². The highest BCUT2D eigenvalue weighted by Gasteiger charge is 2.32. The molecular formula is C10H13F3N2. The molecule has 0 fully saturated rings. The lowest BCUT2D eigenvalue weighted by Gasteiger charge is -2.11. The van der Waals surface area contributed by atoms with Crippen molar-refractivity contribution in [1.29, 1.82) is 0 Å². The van der Waals surface area contributed by atoms with Gasteiger partial charge < -0.3 is 5.32 Å². The first-order valence-electron chi connectivity index (χ1n) is 4.70. The van der Waals surface area contributed by atoms with Crippen LogP contribution in [0.15, 0.2) is 18.5 Å². The van der Waals surface area contributed by atoms with Crippen molar-refractivity contribution in [2.45, 2.75) is 19.0 Å². The van der Waals surface area contributed by atoms with Crippen LogP contribution in [0.25, 0.3) is 0 Å². The highest BCUT2D eigenvalue weighted by Crippen LogP contribution is 2.31. The molecule has 5 heteroatoms. The quantitative estimate of drug-likeness (QED) is 0.784. The van der Waals surface area contributed by atoms with Crippen LogP contribution in [0, 0.1) is 0 Å². The molecule has 0 amide bonds. The Bertz CT molecular complexity index is 310. The zero-order chi connectivity index (χ0) is 11.3. The fourth-order valence-electron chi connectivity index (χ4n) is 1.36. The fraction of sp³-hybridized carbons (Fsp3) is 0.500. The highest BCUT2D eigenvalue weighted by molar-refractivity contribution is 5.26. The molecule has 0 radical (unpaired) electrons. The van der Waals surface area contributed by atoms with Crippen LogP contribution in [0.2, 0.25) is 0 Å². The number of hydrogen-bond donors (Lipinski definition) is 1. The van der Waals surface area contributed by atoms with Crippen LogP contribution in [0.1, 0.15) is 17.5 Å². The van der Waals surface area contributed by atoms with Gasteiger partial charge in [0.25, 0.3) is 0 Å². The van der Waals surface area contributed by atoms with E-state index in [9.17, 15) is 13.2 Å². The van der Waals surface area contributed by atoms with Crippen molar-refractivity contribution in [2.24, 2.45) is 0 Å². The molecule has 1 heterocycles. The number of hydrogen-bond acceptors (Lipinski definition) is 2. The van der Waals surface area contributed by atoms with Crippen molar-refractivity contribution >= 4 is 0 Å². The van der Waals surface area contributed by atoms with Gasteiger partial charge in [-0.25, -0.2) is 0 Å². The van der Waals surface area contributed by atoms with E-state index in [0.717, 1.165) is 6.07 Å². The van der Waals surface area contributed by atoms with Crippen molar-refractivity contribution < 1.29 is 13.2 Å². The topological polar surface area (TPSA) is 24.9 Å². The molecule has 0 unspecified atom stereocenters. The van der Waals surface area contributed by atoms with Crippen LogP contribution >= 0.6 is 0 Å². The van der Waals surface area contributed by atoms with Gasteiger partial charge in [0.2, 0.25) is 0 Å². The maximum atomic E-state index is 12.5. The molecule has 0 aliphatic heterocycles. The van der Waals surface area contributed by atoms with Crippen molar-refractivity contribution in [1.82, 2.24) is 10.3 Å². The maximum Gasteiger partial charge on any atom is 0.416 e. The molecular weight excluding hydrogens is 205 g/mol. The second kappa shape index (κ2) is 5.11. The van der Waals surface area contributed by atoms with Gasteiger partial charge >= 0.3 is 6.18 Å². The Hall–Kier alpha value is -1.10. The van der Waals surface area contributed by atoms with E-state index < -0.39 is 11.7 Å². The Morgan fingerprint density at radius 2 is 2.13 bits per heavy atom. The molecule has 1 rings (SSSR count). The Morgan fingerprint density at radius 3 is 2.73 bits per heavy atom. The summed E-state index contributed by atoms with van der Waals surface area (Å²) >= 11 is 0. The van der Waals surface area contributed by atoms with Gasteiger partial charge in [0.15, 0.2) is 0 Å². The van der Waals surface area contributed by atoms with Gasteiger partial charge in [0.1, 0.15) is 0 Å². The largest absolute Gasteiger partial charge is 0.416 e. The minimum absolute atomic E-state index is 0.264. The number of alkyl halides is 3. The Morgan fingerprint density at radius 1 is 1.40 bits per heavy atom. The molecule has 1 N–H and O–H groups in total. The summed E-state index contributed by atoms with van der Waals surface area (Å²) in [7, 11) is 1.77. The molecule has 0 atom stereocenters. The Kier molecular flexibility index (Phi) is 4.08. The van der Waals surface area contributed by atoms with Gasteiger partial charge in [-0.05, 0) is 38.1 Å². The smallest absolute Gasteiger partial charge is 0.320 e. The monoisotopic (exact) mass is 218 g/mol. The summed E-state index contributed by atoms with van der Waals surface area (Å²) in [6, 6.07) is 1.02. The van der Waals surface area contributed by atoms with Crippen LogP contribution < -0.4 is 5.32 Å². The fourth-order valence-corrected chi connectivity index (χ4v) is 1.36. The van der Waals surface area contributed by atoms with Crippen molar-refractivity contribution in [2.75, 3.05) is 13.6 Å². The SMILES string of the molecule is CNCCCc1cnccc1C(F)(F)F. The lowest BCUT2D eigenvalue weighted by atomic mass is 10.1. The first-order chi connectivity index (χ1) is 7.05. The standard InChI is InChI=1S/C10H13F3N2/c1-14-5-2-3-8-7-15-6-4-9(8)10(11,12)13/h4,6-7,14H,2-3,5H2,1H3. The van der Waals surface area contributed by atoms with Gasteiger partial charge in [0, 0.05) is 12.4 Å². The lowest BCUT2D eigenvalue weighted by Crippen LogP contribution is -2.12. The summed E-state index contributed by atoms with van der Waals surface area (Å²) < 4.78 is 37.5. The molecule has 1 aromatic rings. The third-order valence-electron chi connectivity index (χ3n) is 2.08. The molecule has 15 heavy (non-hydrogen) atoms. The molecule has 0 spiro atoms. The summed E-state index contributed by atoms with van der Waals surface area (Å²) in [5.41, 5.74) is -0.311. The average Bonchev–Trinajstić information content (AvgIpc) is 2.17. The van der Waals surface area contributed by atoms with Crippen molar-refractivity contribution in [3.63, 3.8) is 0 Å². The van der Waals surface area contributed by atoms with E-state index >= 15 is 0 Å². The lowest BCUT2D eigenvalue weighted by molar-refractivity contribution is -0.138. The van der Waals surface area contributed by atoms with Gasteiger partial charge in [-0.2, -0.15) is 13.2 Å². The third-order valence-corrected chi connectivity index (χ3v) is 2.08. The van der Waals surface area contributed by atoms with Crippen molar-refractivity contribution in [3.05, 3.63) is 29.6 Å². The first kappa shape index (κ1) is 12.0. The number of nitrogens with zero attached hydrogens (tertiary/aromatic N) is 1. The normalized spacial score (nSPS) is 11.7. The summed E-state index contributed by atoms with van der Waals surface area (Å²) in [4.78, 5) is 3.72. The number of rotatable bonds is 4. The molecule has 84 valence electrons. The molecule has 0 saturated heterocycles. The van der Waals surface area contributed by atoms with Gasteiger partial charge in [-0.3, -0.25) is 4.98 Å². The second-order valence-corrected chi connectivity index (χ2v) is 3.24. The Balaban J connectivity index is 2.78. The van der Waals surface area contributed by atoms with Crippen LogP contribution in [0.3, 0.4) is 0 Å².